The second kappa shape index (κ2) is 5.30. The first-order valence-electron chi connectivity index (χ1n) is 7.95. The molecule has 1 aromatic carbocycles. The largest absolute Gasteiger partial charge is 0.466 e. The minimum atomic E-state index is -0.383. The van der Waals surface area contributed by atoms with E-state index in [9.17, 15) is 14.9 Å². The van der Waals surface area contributed by atoms with Gasteiger partial charge in [0.15, 0.2) is 0 Å². The molecule has 5 heteroatoms. The van der Waals surface area contributed by atoms with Gasteiger partial charge in [-0.3, -0.25) is 10.1 Å². The molecule has 0 N–H and O–H groups in total. The average Bonchev–Trinajstić information content (AvgIpc) is 2.85. The third-order valence-corrected chi connectivity index (χ3v) is 5.95. The van der Waals surface area contributed by atoms with E-state index < -0.39 is 0 Å². The van der Waals surface area contributed by atoms with Crippen molar-refractivity contribution in [3.05, 3.63) is 63.7 Å². The summed E-state index contributed by atoms with van der Waals surface area (Å²) in [5, 5.41) is 10.8. The van der Waals surface area contributed by atoms with E-state index in [-0.39, 0.29) is 33.3 Å². The zero-order valence-corrected chi connectivity index (χ0v) is 14.3. The van der Waals surface area contributed by atoms with Crippen molar-refractivity contribution in [1.29, 1.82) is 0 Å². The molecule has 1 aromatic rings. The van der Waals surface area contributed by atoms with E-state index in [4.69, 9.17) is 4.74 Å². The second-order valence-corrected chi connectivity index (χ2v) is 7.11. The van der Waals surface area contributed by atoms with Crippen molar-refractivity contribution in [2.75, 3.05) is 7.11 Å². The van der Waals surface area contributed by atoms with Crippen LogP contribution >= 0.6 is 0 Å². The Morgan fingerprint density at radius 1 is 1.29 bits per heavy atom. The van der Waals surface area contributed by atoms with Crippen LogP contribution in [-0.2, 0) is 9.53 Å². The summed E-state index contributed by atoms with van der Waals surface area (Å²) in [6, 6.07) is 6.80. The van der Waals surface area contributed by atoms with Crippen LogP contribution in [0.1, 0.15) is 32.3 Å². The fourth-order valence-electron chi connectivity index (χ4n) is 4.51. The van der Waals surface area contributed by atoms with E-state index in [1.54, 1.807) is 12.1 Å². The summed E-state index contributed by atoms with van der Waals surface area (Å²) >= 11 is 0. The van der Waals surface area contributed by atoms with Crippen molar-refractivity contribution in [1.82, 2.24) is 0 Å². The molecule has 0 aromatic heterocycles. The van der Waals surface area contributed by atoms with Gasteiger partial charge in [-0.25, -0.2) is 4.79 Å². The quantitative estimate of drug-likeness (QED) is 0.275. The normalized spacial score (nSPS) is 33.9. The van der Waals surface area contributed by atoms with Gasteiger partial charge in [0.05, 0.1) is 12.0 Å². The highest BCUT2D eigenvalue weighted by molar-refractivity contribution is 5.82. The van der Waals surface area contributed by atoms with Gasteiger partial charge < -0.3 is 4.74 Å². The number of carbonyl (C=O) groups is 1. The summed E-state index contributed by atoms with van der Waals surface area (Å²) in [4.78, 5) is 21.9. The topological polar surface area (TPSA) is 69.4 Å². The van der Waals surface area contributed by atoms with Crippen LogP contribution in [0, 0.1) is 26.9 Å². The van der Waals surface area contributed by atoms with Crippen LogP contribution in [0.3, 0.4) is 0 Å². The number of methoxy groups -OCH3 is 1. The predicted molar refractivity (Wildman–Crippen MR) is 90.5 cm³/mol. The number of hydrogen-bond donors (Lipinski definition) is 0. The molecular formula is C19H21NO4. The molecular weight excluding hydrogens is 306 g/mol. The number of esters is 1. The Hall–Kier alpha value is -2.43. The fraction of sp³-hybridized carbons (Fsp3) is 0.421. The summed E-state index contributed by atoms with van der Waals surface area (Å²) in [6.45, 7) is 6.46. The molecule has 2 aliphatic carbocycles. The number of hydrogen-bond acceptors (Lipinski definition) is 4. The van der Waals surface area contributed by atoms with Crippen LogP contribution in [0.4, 0.5) is 5.69 Å². The number of benzene rings is 1. The van der Waals surface area contributed by atoms with Gasteiger partial charge in [0.25, 0.3) is 5.69 Å². The molecule has 4 atom stereocenters. The van der Waals surface area contributed by atoms with Gasteiger partial charge in [-0.1, -0.05) is 43.7 Å². The van der Waals surface area contributed by atoms with Crippen molar-refractivity contribution < 1.29 is 14.5 Å². The van der Waals surface area contributed by atoms with E-state index in [1.165, 1.54) is 18.8 Å². The minimum Gasteiger partial charge on any atom is -0.466 e. The Morgan fingerprint density at radius 3 is 2.46 bits per heavy atom. The number of nitro benzene ring substituents is 1. The first kappa shape index (κ1) is 16.4. The number of rotatable bonds is 4. The monoisotopic (exact) mass is 327 g/mol. The maximum absolute atomic E-state index is 11.4. The molecule has 126 valence electrons. The van der Waals surface area contributed by atoms with E-state index in [1.807, 2.05) is 18.2 Å². The van der Waals surface area contributed by atoms with E-state index in [0.717, 1.165) is 5.56 Å². The standard InChI is InChI=1S/C19H21NO4/c1-12-11-19(3)17(18(19,2)10-9-15(21)24-4)16(12)13-5-7-14(8-6-13)20(22)23/h5-11,16-17H,1-4H3/b10-9+/t16-,17+,18+,19+/m1/s1. The van der Waals surface area contributed by atoms with E-state index >= 15 is 0 Å². The van der Waals surface area contributed by atoms with Crippen LogP contribution in [0.15, 0.2) is 48.1 Å². The number of nitro groups is 1. The van der Waals surface area contributed by atoms with Crippen LogP contribution in [0.2, 0.25) is 0 Å². The molecule has 1 fully saturated rings. The van der Waals surface area contributed by atoms with Crippen molar-refractivity contribution in [2.45, 2.75) is 26.7 Å². The van der Waals surface area contributed by atoms with Crippen LogP contribution in [-0.4, -0.2) is 18.0 Å². The summed E-state index contributed by atoms with van der Waals surface area (Å²) in [5.74, 6) is 0.202. The molecule has 0 radical (unpaired) electrons. The molecule has 0 amide bonds. The summed E-state index contributed by atoms with van der Waals surface area (Å²) in [7, 11) is 1.37. The van der Waals surface area contributed by atoms with Gasteiger partial charge in [-0.2, -0.15) is 0 Å². The lowest BCUT2D eigenvalue weighted by molar-refractivity contribution is -0.384. The molecule has 0 spiro atoms. The summed E-state index contributed by atoms with van der Waals surface area (Å²) < 4.78 is 4.69. The molecule has 3 rings (SSSR count). The molecule has 2 aliphatic rings. The number of fused-ring (bicyclic) bond motifs is 1. The van der Waals surface area contributed by atoms with Gasteiger partial charge in [0.1, 0.15) is 0 Å². The van der Waals surface area contributed by atoms with Gasteiger partial charge in [-0.15, -0.1) is 0 Å². The molecule has 0 saturated heterocycles. The molecule has 0 aliphatic heterocycles. The Kier molecular flexibility index (Phi) is 3.62. The highest BCUT2D eigenvalue weighted by Gasteiger charge is 2.73. The van der Waals surface area contributed by atoms with Crippen molar-refractivity contribution >= 4 is 11.7 Å². The third-order valence-electron chi connectivity index (χ3n) is 5.95. The Morgan fingerprint density at radius 2 is 1.92 bits per heavy atom. The number of allylic oxidation sites excluding steroid dienone is 3. The highest BCUT2D eigenvalue weighted by Crippen LogP contribution is 2.79. The van der Waals surface area contributed by atoms with Gasteiger partial charge in [0.2, 0.25) is 0 Å². The van der Waals surface area contributed by atoms with Crippen molar-refractivity contribution in [3.8, 4) is 0 Å². The summed E-state index contributed by atoms with van der Waals surface area (Å²) in [5.41, 5.74) is 2.34. The first-order valence-corrected chi connectivity index (χ1v) is 7.95. The Labute approximate surface area is 141 Å². The molecule has 5 nitrogen and oxygen atoms in total. The lowest BCUT2D eigenvalue weighted by Gasteiger charge is -2.20. The number of ether oxygens (including phenoxy) is 1. The summed E-state index contributed by atoms with van der Waals surface area (Å²) in [6.07, 6.45) is 5.73. The van der Waals surface area contributed by atoms with E-state index in [2.05, 4.69) is 26.8 Å². The second-order valence-electron chi connectivity index (χ2n) is 7.11. The molecule has 1 saturated carbocycles. The van der Waals surface area contributed by atoms with Crippen LogP contribution < -0.4 is 0 Å². The highest BCUT2D eigenvalue weighted by atomic mass is 16.6. The van der Waals surface area contributed by atoms with Gasteiger partial charge >= 0.3 is 5.97 Å². The Bertz CT molecular complexity index is 764. The maximum atomic E-state index is 11.4. The lowest BCUT2D eigenvalue weighted by atomic mass is 9.84. The molecule has 0 heterocycles. The van der Waals surface area contributed by atoms with Crippen molar-refractivity contribution in [2.24, 2.45) is 16.7 Å². The smallest absolute Gasteiger partial charge is 0.330 e. The van der Waals surface area contributed by atoms with Crippen molar-refractivity contribution in [3.63, 3.8) is 0 Å². The van der Waals surface area contributed by atoms with Gasteiger partial charge in [0, 0.05) is 24.1 Å². The predicted octanol–water partition coefficient (Wildman–Crippen LogP) is 4.01. The molecule has 24 heavy (non-hydrogen) atoms. The third kappa shape index (κ3) is 2.19. The van der Waals surface area contributed by atoms with Crippen LogP contribution in [0.5, 0.6) is 0 Å². The number of non-ortho nitro benzene ring substituents is 1. The minimum absolute atomic E-state index is 0.00591. The zero-order chi connectivity index (χ0) is 17.7. The fourth-order valence-corrected chi connectivity index (χ4v) is 4.51. The first-order chi connectivity index (χ1) is 11.2. The van der Waals surface area contributed by atoms with E-state index in [0.29, 0.717) is 5.92 Å². The number of carbonyl (C=O) groups excluding carboxylic acids is 1. The maximum Gasteiger partial charge on any atom is 0.330 e. The molecule has 0 unspecified atom stereocenters. The zero-order valence-electron chi connectivity index (χ0n) is 14.3. The average molecular weight is 327 g/mol. The van der Waals surface area contributed by atoms with Crippen LogP contribution in [0.25, 0.3) is 0 Å². The SMILES string of the molecule is COC(=O)/C=C/[C@@]1(C)[C@@H]2[C@@H](c3ccc([N+](=O)[O-])cc3)C(C)=C[C@@]21C. The number of nitrogens with zero attached hydrogens (tertiary/aromatic N) is 1. The van der Waals surface area contributed by atoms with Gasteiger partial charge in [-0.05, 0) is 29.2 Å². The Balaban J connectivity index is 1.91. The lowest BCUT2D eigenvalue weighted by Crippen LogP contribution is -2.10. The molecule has 0 bridgehead atoms.